The molecule has 0 radical (unpaired) electrons. The lowest BCUT2D eigenvalue weighted by Gasteiger charge is -2.17. The van der Waals surface area contributed by atoms with Crippen LogP contribution in [0.3, 0.4) is 0 Å². The van der Waals surface area contributed by atoms with Crippen LogP contribution in [0.25, 0.3) is 0 Å². The van der Waals surface area contributed by atoms with E-state index in [0.29, 0.717) is 13.0 Å². The lowest BCUT2D eigenvalue weighted by atomic mass is 10.2. The van der Waals surface area contributed by atoms with Gasteiger partial charge in [-0.2, -0.15) is 0 Å². The summed E-state index contributed by atoms with van der Waals surface area (Å²) in [5.41, 5.74) is 0. The average molecular weight is 202 g/mol. The molecule has 0 aliphatic heterocycles. The number of nitrogens with one attached hydrogen (secondary N) is 2. The van der Waals surface area contributed by atoms with Crippen LogP contribution in [0.1, 0.15) is 27.2 Å². The van der Waals surface area contributed by atoms with Gasteiger partial charge in [-0.15, -0.1) is 0 Å². The van der Waals surface area contributed by atoms with Gasteiger partial charge in [-0.05, 0) is 20.3 Å². The zero-order chi connectivity index (χ0) is 11.1. The molecule has 0 saturated carbocycles. The molecule has 0 aromatic heterocycles. The summed E-state index contributed by atoms with van der Waals surface area (Å²) in [4.78, 5) is 21.9. The number of carboxylic acid groups (broad SMARTS) is 1. The van der Waals surface area contributed by atoms with Crippen molar-refractivity contribution in [2.75, 3.05) is 6.54 Å². The van der Waals surface area contributed by atoms with Crippen molar-refractivity contribution in [3.63, 3.8) is 0 Å². The second-order valence-corrected chi connectivity index (χ2v) is 3.08. The molecule has 5 nitrogen and oxygen atoms in total. The minimum Gasteiger partial charge on any atom is -0.480 e. The van der Waals surface area contributed by atoms with E-state index in [4.69, 9.17) is 5.11 Å². The summed E-state index contributed by atoms with van der Waals surface area (Å²) in [5.74, 6) is -1.10. The summed E-state index contributed by atoms with van der Waals surface area (Å²) in [7, 11) is 0. The smallest absolute Gasteiger partial charge is 0.320 e. The zero-order valence-electron chi connectivity index (χ0n) is 8.83. The fraction of sp³-hybridized carbons (Fsp3) is 0.778. The van der Waals surface area contributed by atoms with E-state index < -0.39 is 18.1 Å². The van der Waals surface area contributed by atoms with Crippen molar-refractivity contribution in [3.8, 4) is 0 Å². The summed E-state index contributed by atoms with van der Waals surface area (Å²) in [6.07, 6.45) is 0.457. The van der Waals surface area contributed by atoms with Crippen molar-refractivity contribution in [1.82, 2.24) is 10.6 Å². The first kappa shape index (κ1) is 12.9. The van der Waals surface area contributed by atoms with Crippen molar-refractivity contribution >= 4 is 11.9 Å². The summed E-state index contributed by atoms with van der Waals surface area (Å²) in [6.45, 7) is 5.78. The summed E-state index contributed by atoms with van der Waals surface area (Å²) < 4.78 is 0. The van der Waals surface area contributed by atoms with Crippen molar-refractivity contribution < 1.29 is 14.7 Å². The van der Waals surface area contributed by atoms with Gasteiger partial charge >= 0.3 is 5.97 Å². The number of carbonyl (C=O) groups excluding carboxylic acids is 1. The van der Waals surface area contributed by atoms with Gasteiger partial charge in [0.2, 0.25) is 5.91 Å². The largest absolute Gasteiger partial charge is 0.480 e. The topological polar surface area (TPSA) is 78.4 Å². The van der Waals surface area contributed by atoms with Crippen molar-refractivity contribution in [1.29, 1.82) is 0 Å². The molecule has 0 fully saturated rings. The Kier molecular flexibility index (Phi) is 5.87. The molecule has 0 rings (SSSR count). The van der Waals surface area contributed by atoms with Crippen LogP contribution < -0.4 is 10.6 Å². The highest BCUT2D eigenvalue weighted by molar-refractivity contribution is 5.82. The summed E-state index contributed by atoms with van der Waals surface area (Å²) >= 11 is 0. The molecular weight excluding hydrogens is 184 g/mol. The van der Waals surface area contributed by atoms with E-state index in [2.05, 4.69) is 10.6 Å². The Bertz CT molecular complexity index is 206. The number of carboxylic acids is 1. The van der Waals surface area contributed by atoms with Gasteiger partial charge in [-0.1, -0.05) is 6.92 Å². The minimum absolute atomic E-state index is 0.174. The minimum atomic E-state index is -0.927. The molecular formula is C9H18N2O3. The van der Waals surface area contributed by atoms with Crippen LogP contribution in [0, 0.1) is 0 Å². The fourth-order valence-corrected chi connectivity index (χ4v) is 1.07. The number of amides is 1. The SMILES string of the molecule is CCNC(=O)C(C)NC(CC)C(=O)O. The zero-order valence-corrected chi connectivity index (χ0v) is 8.83. The second-order valence-electron chi connectivity index (χ2n) is 3.08. The molecule has 5 heteroatoms. The lowest BCUT2D eigenvalue weighted by Crippen LogP contribution is -2.49. The third-order valence-corrected chi connectivity index (χ3v) is 1.90. The average Bonchev–Trinajstić information content (AvgIpc) is 2.13. The van der Waals surface area contributed by atoms with E-state index in [9.17, 15) is 9.59 Å². The van der Waals surface area contributed by atoms with E-state index in [0.717, 1.165) is 0 Å². The molecule has 2 atom stereocenters. The molecule has 0 aliphatic carbocycles. The highest BCUT2D eigenvalue weighted by Crippen LogP contribution is 1.94. The Balaban J connectivity index is 4.08. The van der Waals surface area contributed by atoms with Gasteiger partial charge in [0.05, 0.1) is 6.04 Å². The van der Waals surface area contributed by atoms with Crippen LogP contribution in [0.4, 0.5) is 0 Å². The summed E-state index contributed by atoms with van der Waals surface area (Å²) in [5, 5.41) is 14.1. The third kappa shape index (κ3) is 4.23. The molecule has 0 spiro atoms. The first-order valence-corrected chi connectivity index (χ1v) is 4.79. The van der Waals surface area contributed by atoms with Crippen molar-refractivity contribution in [2.45, 2.75) is 39.3 Å². The van der Waals surface area contributed by atoms with Gasteiger partial charge in [0.1, 0.15) is 6.04 Å². The first-order chi connectivity index (χ1) is 6.52. The molecule has 0 aromatic carbocycles. The van der Waals surface area contributed by atoms with Gasteiger partial charge in [-0.25, -0.2) is 0 Å². The van der Waals surface area contributed by atoms with Crippen LogP contribution >= 0.6 is 0 Å². The van der Waals surface area contributed by atoms with Crippen LogP contribution in [-0.2, 0) is 9.59 Å². The number of likely N-dealkylation sites (N-methyl/N-ethyl adjacent to an activating group) is 1. The van der Waals surface area contributed by atoms with Gasteiger partial charge in [-0.3, -0.25) is 14.9 Å². The monoisotopic (exact) mass is 202 g/mol. The van der Waals surface area contributed by atoms with E-state index >= 15 is 0 Å². The molecule has 0 heterocycles. The molecule has 0 bridgehead atoms. The quantitative estimate of drug-likeness (QED) is 0.565. The van der Waals surface area contributed by atoms with E-state index in [1.54, 1.807) is 13.8 Å². The molecule has 0 aromatic rings. The van der Waals surface area contributed by atoms with Crippen LogP contribution in [0.15, 0.2) is 0 Å². The summed E-state index contributed by atoms with van der Waals surface area (Å²) in [6, 6.07) is -1.14. The fourth-order valence-electron chi connectivity index (χ4n) is 1.07. The van der Waals surface area contributed by atoms with Gasteiger partial charge in [0.25, 0.3) is 0 Å². The van der Waals surface area contributed by atoms with Crippen molar-refractivity contribution in [2.24, 2.45) is 0 Å². The van der Waals surface area contributed by atoms with E-state index in [1.807, 2.05) is 6.92 Å². The van der Waals surface area contributed by atoms with Crippen LogP contribution in [0.5, 0.6) is 0 Å². The lowest BCUT2D eigenvalue weighted by molar-refractivity contribution is -0.140. The van der Waals surface area contributed by atoms with Crippen molar-refractivity contribution in [3.05, 3.63) is 0 Å². The molecule has 14 heavy (non-hydrogen) atoms. The molecule has 3 N–H and O–H groups in total. The Hall–Kier alpha value is -1.10. The Morgan fingerprint density at radius 2 is 1.93 bits per heavy atom. The molecule has 0 saturated heterocycles. The van der Waals surface area contributed by atoms with E-state index in [1.165, 1.54) is 0 Å². The maximum Gasteiger partial charge on any atom is 0.320 e. The second kappa shape index (κ2) is 6.37. The number of carbonyl (C=O) groups is 2. The van der Waals surface area contributed by atoms with E-state index in [-0.39, 0.29) is 5.91 Å². The standard InChI is InChI=1S/C9H18N2O3/c1-4-7(9(13)14)11-6(3)8(12)10-5-2/h6-7,11H,4-5H2,1-3H3,(H,10,12)(H,13,14). The molecule has 0 aliphatic rings. The predicted octanol–water partition coefficient (Wildman–Crippen LogP) is -0.0362. The van der Waals surface area contributed by atoms with Gasteiger partial charge < -0.3 is 10.4 Å². The number of rotatable bonds is 6. The Labute approximate surface area is 83.9 Å². The number of hydrogen-bond donors (Lipinski definition) is 3. The molecule has 82 valence electrons. The molecule has 1 amide bonds. The van der Waals surface area contributed by atoms with Gasteiger partial charge in [0, 0.05) is 6.54 Å². The Morgan fingerprint density at radius 1 is 1.36 bits per heavy atom. The van der Waals surface area contributed by atoms with Crippen LogP contribution in [-0.4, -0.2) is 35.6 Å². The number of hydrogen-bond acceptors (Lipinski definition) is 3. The maximum atomic E-state index is 11.3. The van der Waals surface area contributed by atoms with Crippen LogP contribution in [0.2, 0.25) is 0 Å². The first-order valence-electron chi connectivity index (χ1n) is 4.79. The number of aliphatic carboxylic acids is 1. The highest BCUT2D eigenvalue weighted by Gasteiger charge is 2.20. The molecule has 2 unspecified atom stereocenters. The Morgan fingerprint density at radius 3 is 2.29 bits per heavy atom. The third-order valence-electron chi connectivity index (χ3n) is 1.90. The maximum absolute atomic E-state index is 11.3. The van der Waals surface area contributed by atoms with Gasteiger partial charge in [0.15, 0.2) is 0 Å². The highest BCUT2D eigenvalue weighted by atomic mass is 16.4. The normalized spacial score (nSPS) is 14.5. The predicted molar refractivity (Wildman–Crippen MR) is 53.0 cm³/mol.